The quantitative estimate of drug-likeness (QED) is 0.417. The molecule has 0 aromatic heterocycles. The molecule has 2 heteroatoms. The molecule has 1 atom stereocenters. The largest absolute Gasteiger partial charge is 0.316 e. The summed E-state index contributed by atoms with van der Waals surface area (Å²) >= 11 is 5.79. The van der Waals surface area contributed by atoms with E-state index in [0.717, 1.165) is 24.8 Å². The van der Waals surface area contributed by atoms with E-state index in [1.54, 1.807) is 0 Å². The maximum atomic E-state index is 5.79. The fourth-order valence-corrected chi connectivity index (χ4v) is 2.20. The van der Waals surface area contributed by atoms with Gasteiger partial charge in [0.15, 0.2) is 0 Å². The third-order valence-electron chi connectivity index (χ3n) is 2.85. The molecule has 92 valence electrons. The Morgan fingerprint density at radius 1 is 1.00 bits per heavy atom. The minimum Gasteiger partial charge on any atom is -0.316 e. The van der Waals surface area contributed by atoms with Gasteiger partial charge in [0, 0.05) is 5.88 Å². The Bertz CT molecular complexity index is 111. The second kappa shape index (κ2) is 12.3. The van der Waals surface area contributed by atoms with Crippen molar-refractivity contribution in [3.05, 3.63) is 0 Å². The van der Waals surface area contributed by atoms with Crippen molar-refractivity contribution in [1.29, 1.82) is 0 Å². The summed E-state index contributed by atoms with van der Waals surface area (Å²) in [6, 6.07) is 0. The van der Waals surface area contributed by atoms with Crippen molar-refractivity contribution in [2.45, 2.75) is 58.8 Å². The van der Waals surface area contributed by atoms with E-state index in [2.05, 4.69) is 19.2 Å². The number of halogens is 1. The first-order valence-electron chi connectivity index (χ1n) is 6.61. The highest BCUT2D eigenvalue weighted by Crippen LogP contribution is 2.10. The van der Waals surface area contributed by atoms with Gasteiger partial charge in [-0.25, -0.2) is 0 Å². The first-order valence-corrected chi connectivity index (χ1v) is 7.15. The molecule has 0 aliphatic carbocycles. The molecule has 0 aliphatic heterocycles. The van der Waals surface area contributed by atoms with Gasteiger partial charge >= 0.3 is 0 Å². The van der Waals surface area contributed by atoms with E-state index in [-0.39, 0.29) is 0 Å². The summed E-state index contributed by atoms with van der Waals surface area (Å²) in [5.41, 5.74) is 0. The van der Waals surface area contributed by atoms with Crippen LogP contribution in [0.5, 0.6) is 0 Å². The Balaban J connectivity index is 3.28. The molecular weight excluding hydrogens is 206 g/mol. The maximum absolute atomic E-state index is 5.79. The fourth-order valence-electron chi connectivity index (χ4n) is 1.89. The van der Waals surface area contributed by atoms with Crippen molar-refractivity contribution in [2.24, 2.45) is 5.92 Å². The lowest BCUT2D eigenvalue weighted by molar-refractivity contribution is 0.427. The lowest BCUT2D eigenvalue weighted by Crippen LogP contribution is -2.24. The van der Waals surface area contributed by atoms with Gasteiger partial charge in [0.2, 0.25) is 0 Å². The minimum atomic E-state index is 0.790. The van der Waals surface area contributed by atoms with Crippen LogP contribution < -0.4 is 5.32 Å². The van der Waals surface area contributed by atoms with Crippen molar-refractivity contribution < 1.29 is 0 Å². The van der Waals surface area contributed by atoms with Crippen molar-refractivity contribution in [3.63, 3.8) is 0 Å². The number of hydrogen-bond donors (Lipinski definition) is 1. The first kappa shape index (κ1) is 15.2. The molecule has 0 heterocycles. The topological polar surface area (TPSA) is 12.0 Å². The zero-order chi connectivity index (χ0) is 11.4. The van der Waals surface area contributed by atoms with Crippen LogP contribution in [0, 0.1) is 5.92 Å². The van der Waals surface area contributed by atoms with Crippen molar-refractivity contribution in [2.75, 3.05) is 19.0 Å². The average molecular weight is 234 g/mol. The van der Waals surface area contributed by atoms with Crippen molar-refractivity contribution in [3.8, 4) is 0 Å². The van der Waals surface area contributed by atoms with Crippen LogP contribution in [0.15, 0.2) is 0 Å². The Kier molecular flexibility index (Phi) is 12.5. The number of alkyl halides is 1. The van der Waals surface area contributed by atoms with Crippen LogP contribution in [0.1, 0.15) is 58.8 Å². The standard InChI is InChI=1S/C13H28ClN/c1-3-5-6-7-11-15-12-13(8-4-2)9-10-14/h13,15H,3-12H2,1-2H3. The van der Waals surface area contributed by atoms with Crippen LogP contribution in [0.2, 0.25) is 0 Å². The van der Waals surface area contributed by atoms with Crippen LogP contribution in [0.25, 0.3) is 0 Å². The van der Waals surface area contributed by atoms with Crippen LogP contribution in [0.4, 0.5) is 0 Å². The summed E-state index contributed by atoms with van der Waals surface area (Å²) in [6.45, 7) is 6.85. The smallest absolute Gasteiger partial charge is 0.0226 e. The van der Waals surface area contributed by atoms with Gasteiger partial charge in [-0.3, -0.25) is 0 Å². The molecule has 15 heavy (non-hydrogen) atoms. The Hall–Kier alpha value is 0.250. The predicted octanol–water partition coefficient (Wildman–Crippen LogP) is 4.20. The molecule has 0 aromatic carbocycles. The minimum absolute atomic E-state index is 0.790. The van der Waals surface area contributed by atoms with Crippen LogP contribution >= 0.6 is 11.6 Å². The number of rotatable bonds is 11. The van der Waals surface area contributed by atoms with E-state index in [1.165, 1.54) is 45.1 Å². The average Bonchev–Trinajstić information content (AvgIpc) is 2.24. The van der Waals surface area contributed by atoms with Gasteiger partial charge in [0.1, 0.15) is 0 Å². The molecule has 0 rings (SSSR count). The maximum Gasteiger partial charge on any atom is 0.0226 e. The molecule has 0 aliphatic rings. The fraction of sp³-hybridized carbons (Fsp3) is 1.00. The summed E-state index contributed by atoms with van der Waals surface area (Å²) in [4.78, 5) is 0. The van der Waals surface area contributed by atoms with Gasteiger partial charge in [-0.05, 0) is 38.3 Å². The van der Waals surface area contributed by atoms with Gasteiger partial charge in [-0.15, -0.1) is 11.6 Å². The molecule has 0 aromatic rings. The molecule has 0 saturated carbocycles. The van der Waals surface area contributed by atoms with E-state index in [0.29, 0.717) is 0 Å². The molecule has 1 N–H and O–H groups in total. The number of unbranched alkanes of at least 4 members (excludes halogenated alkanes) is 3. The lowest BCUT2D eigenvalue weighted by atomic mass is 10.0. The predicted molar refractivity (Wildman–Crippen MR) is 70.7 cm³/mol. The first-order chi connectivity index (χ1) is 7.35. The molecule has 0 saturated heterocycles. The Morgan fingerprint density at radius 3 is 2.40 bits per heavy atom. The van der Waals surface area contributed by atoms with E-state index < -0.39 is 0 Å². The van der Waals surface area contributed by atoms with E-state index in [9.17, 15) is 0 Å². The van der Waals surface area contributed by atoms with E-state index in [4.69, 9.17) is 11.6 Å². The normalized spacial score (nSPS) is 13.0. The van der Waals surface area contributed by atoms with Crippen molar-refractivity contribution in [1.82, 2.24) is 5.32 Å². The van der Waals surface area contributed by atoms with Gasteiger partial charge in [0.25, 0.3) is 0 Å². The summed E-state index contributed by atoms with van der Waals surface area (Å²) in [6.07, 6.45) is 9.16. The third kappa shape index (κ3) is 10.5. The highest BCUT2D eigenvalue weighted by molar-refractivity contribution is 6.17. The second-order valence-electron chi connectivity index (χ2n) is 4.40. The summed E-state index contributed by atoms with van der Waals surface area (Å²) in [7, 11) is 0. The van der Waals surface area contributed by atoms with E-state index >= 15 is 0 Å². The van der Waals surface area contributed by atoms with Crippen LogP contribution in [-0.4, -0.2) is 19.0 Å². The molecule has 0 amide bonds. The van der Waals surface area contributed by atoms with Gasteiger partial charge in [-0.1, -0.05) is 39.5 Å². The summed E-state index contributed by atoms with van der Waals surface area (Å²) in [5, 5.41) is 3.56. The van der Waals surface area contributed by atoms with Gasteiger partial charge < -0.3 is 5.32 Å². The molecular formula is C13H28ClN. The molecule has 0 fully saturated rings. The van der Waals surface area contributed by atoms with Crippen molar-refractivity contribution >= 4 is 11.6 Å². The number of hydrogen-bond acceptors (Lipinski definition) is 1. The second-order valence-corrected chi connectivity index (χ2v) is 4.78. The molecule has 1 nitrogen and oxygen atoms in total. The monoisotopic (exact) mass is 233 g/mol. The Morgan fingerprint density at radius 2 is 1.80 bits per heavy atom. The SMILES string of the molecule is CCCCCCNCC(CCC)CCCl. The van der Waals surface area contributed by atoms with Gasteiger partial charge in [0.05, 0.1) is 0 Å². The Labute approximate surface area is 101 Å². The van der Waals surface area contributed by atoms with Crippen LogP contribution in [0.3, 0.4) is 0 Å². The third-order valence-corrected chi connectivity index (χ3v) is 3.07. The van der Waals surface area contributed by atoms with E-state index in [1.807, 2.05) is 0 Å². The molecule has 0 radical (unpaired) electrons. The molecule has 0 bridgehead atoms. The highest BCUT2D eigenvalue weighted by Gasteiger charge is 2.05. The molecule has 1 unspecified atom stereocenters. The molecule has 0 spiro atoms. The van der Waals surface area contributed by atoms with Gasteiger partial charge in [-0.2, -0.15) is 0 Å². The highest BCUT2D eigenvalue weighted by atomic mass is 35.5. The summed E-state index contributed by atoms with van der Waals surface area (Å²) < 4.78 is 0. The zero-order valence-corrected chi connectivity index (χ0v) is 11.3. The summed E-state index contributed by atoms with van der Waals surface area (Å²) in [5.74, 6) is 1.60. The number of nitrogens with one attached hydrogen (secondary N) is 1. The van der Waals surface area contributed by atoms with Crippen LogP contribution in [-0.2, 0) is 0 Å². The lowest BCUT2D eigenvalue weighted by Gasteiger charge is -2.15. The zero-order valence-electron chi connectivity index (χ0n) is 10.5.